The van der Waals surface area contributed by atoms with E-state index in [1.807, 2.05) is 0 Å². The van der Waals surface area contributed by atoms with E-state index in [0.717, 1.165) is 17.9 Å². The highest BCUT2D eigenvalue weighted by atomic mass is 79.9. The average Bonchev–Trinajstić information content (AvgIpc) is 2.71. The second-order valence-electron chi connectivity index (χ2n) is 4.90. The maximum Gasteiger partial charge on any atom is 0.130 e. The molecule has 3 atom stereocenters. The number of hydrogen-bond acceptors (Lipinski definition) is 0. The van der Waals surface area contributed by atoms with Crippen LogP contribution < -0.4 is 0 Å². The molecule has 2 fully saturated rings. The second kappa shape index (κ2) is 3.80. The maximum atomic E-state index is 13.6. The molecule has 0 aromatic heterocycles. The Kier molecular flexibility index (Phi) is 2.54. The Bertz CT molecular complexity index is 408. The van der Waals surface area contributed by atoms with Crippen molar-refractivity contribution in [3.8, 4) is 0 Å². The molecular weight excluding hydrogens is 274 g/mol. The van der Waals surface area contributed by atoms with Crippen LogP contribution in [0.2, 0.25) is 0 Å². The van der Waals surface area contributed by atoms with Crippen molar-refractivity contribution in [2.24, 2.45) is 17.8 Å². The van der Waals surface area contributed by atoms with E-state index in [4.69, 9.17) is 0 Å². The molecule has 2 aliphatic rings. The van der Waals surface area contributed by atoms with Crippen LogP contribution in [0.25, 0.3) is 0 Å². The highest BCUT2D eigenvalue weighted by Gasteiger charge is 2.55. The molecule has 2 aliphatic carbocycles. The number of alkyl halides is 1. The van der Waals surface area contributed by atoms with Crippen molar-refractivity contribution < 1.29 is 8.78 Å². The van der Waals surface area contributed by atoms with Crippen molar-refractivity contribution in [1.29, 1.82) is 0 Å². The molecule has 16 heavy (non-hydrogen) atoms. The predicted molar refractivity (Wildman–Crippen MR) is 62.3 cm³/mol. The van der Waals surface area contributed by atoms with Crippen molar-refractivity contribution in [3.05, 3.63) is 35.4 Å². The molecule has 3 unspecified atom stereocenters. The first-order valence-corrected chi connectivity index (χ1v) is 6.69. The molecule has 3 heteroatoms. The van der Waals surface area contributed by atoms with Gasteiger partial charge >= 0.3 is 0 Å². The average molecular weight is 287 g/mol. The zero-order valence-electron chi connectivity index (χ0n) is 8.80. The van der Waals surface area contributed by atoms with Crippen LogP contribution in [0.1, 0.15) is 29.7 Å². The lowest BCUT2D eigenvalue weighted by Gasteiger charge is -2.13. The van der Waals surface area contributed by atoms with Gasteiger partial charge in [-0.25, -0.2) is 8.78 Å². The van der Waals surface area contributed by atoms with E-state index in [-0.39, 0.29) is 4.83 Å². The SMILES string of the molecule is Fc1ccc(C(Br)C2C3CCCC32)c(F)c1. The minimum atomic E-state index is -0.503. The number of halogens is 3. The van der Waals surface area contributed by atoms with E-state index in [1.165, 1.54) is 25.3 Å². The zero-order chi connectivity index (χ0) is 11.3. The molecule has 0 amide bonds. The van der Waals surface area contributed by atoms with E-state index in [2.05, 4.69) is 15.9 Å². The smallest absolute Gasteiger partial charge is 0.130 e. The Hall–Kier alpha value is -0.440. The third-order valence-corrected chi connectivity index (χ3v) is 5.17. The summed E-state index contributed by atoms with van der Waals surface area (Å²) in [6.45, 7) is 0. The minimum Gasteiger partial charge on any atom is -0.207 e. The van der Waals surface area contributed by atoms with Crippen molar-refractivity contribution in [3.63, 3.8) is 0 Å². The lowest BCUT2D eigenvalue weighted by atomic mass is 10.0. The van der Waals surface area contributed by atoms with Gasteiger partial charge in [0.05, 0.1) is 0 Å². The Morgan fingerprint density at radius 1 is 1.19 bits per heavy atom. The molecule has 0 nitrogen and oxygen atoms in total. The summed E-state index contributed by atoms with van der Waals surface area (Å²) in [5.74, 6) is 1.18. The van der Waals surface area contributed by atoms with Crippen molar-refractivity contribution in [2.75, 3.05) is 0 Å². The van der Waals surface area contributed by atoms with Gasteiger partial charge in [-0.2, -0.15) is 0 Å². The van der Waals surface area contributed by atoms with Crippen LogP contribution in [0.5, 0.6) is 0 Å². The third kappa shape index (κ3) is 1.60. The largest absolute Gasteiger partial charge is 0.207 e. The first-order valence-electron chi connectivity index (χ1n) is 5.77. The fraction of sp³-hybridized carbons (Fsp3) is 0.538. The summed E-state index contributed by atoms with van der Waals surface area (Å²) in [7, 11) is 0. The Balaban J connectivity index is 1.82. The van der Waals surface area contributed by atoms with E-state index < -0.39 is 11.6 Å². The molecular formula is C13H13BrF2. The topological polar surface area (TPSA) is 0 Å². The molecule has 0 heterocycles. The van der Waals surface area contributed by atoms with Crippen LogP contribution in [0.4, 0.5) is 8.78 Å². The standard InChI is InChI=1S/C13H13BrF2/c14-13(12-8-2-1-3-9(8)12)10-5-4-7(15)6-11(10)16/h4-6,8-9,12-13H,1-3H2. The van der Waals surface area contributed by atoms with Gasteiger partial charge in [0.2, 0.25) is 0 Å². The fourth-order valence-corrected chi connectivity index (χ4v) is 4.40. The highest BCUT2D eigenvalue weighted by Crippen LogP contribution is 2.64. The van der Waals surface area contributed by atoms with Crippen LogP contribution in [0.15, 0.2) is 18.2 Å². The van der Waals surface area contributed by atoms with Crippen molar-refractivity contribution in [2.45, 2.75) is 24.1 Å². The molecule has 1 aromatic rings. The first kappa shape index (κ1) is 10.7. The fourth-order valence-electron chi connectivity index (χ4n) is 3.24. The predicted octanol–water partition coefficient (Wildman–Crippen LogP) is 4.45. The summed E-state index contributed by atoms with van der Waals surface area (Å²) in [6, 6.07) is 3.88. The quantitative estimate of drug-likeness (QED) is 0.705. The van der Waals surface area contributed by atoms with Crippen LogP contribution >= 0.6 is 15.9 Å². The number of benzene rings is 1. The van der Waals surface area contributed by atoms with Gasteiger partial charge in [0, 0.05) is 16.5 Å². The molecule has 0 N–H and O–H groups in total. The number of hydrogen-bond donors (Lipinski definition) is 0. The maximum absolute atomic E-state index is 13.6. The van der Waals surface area contributed by atoms with Gasteiger partial charge in [0.15, 0.2) is 0 Å². The Labute approximate surface area is 102 Å². The van der Waals surface area contributed by atoms with Crippen LogP contribution in [-0.2, 0) is 0 Å². The monoisotopic (exact) mass is 286 g/mol. The van der Waals surface area contributed by atoms with Gasteiger partial charge in [-0.15, -0.1) is 0 Å². The van der Waals surface area contributed by atoms with Crippen LogP contribution in [0.3, 0.4) is 0 Å². The van der Waals surface area contributed by atoms with Gasteiger partial charge in [0.1, 0.15) is 11.6 Å². The van der Waals surface area contributed by atoms with Gasteiger partial charge < -0.3 is 0 Å². The van der Waals surface area contributed by atoms with E-state index in [9.17, 15) is 8.78 Å². The summed E-state index contributed by atoms with van der Waals surface area (Å²) in [5, 5.41) is 0. The molecule has 86 valence electrons. The zero-order valence-corrected chi connectivity index (χ0v) is 10.4. The van der Waals surface area contributed by atoms with E-state index in [0.29, 0.717) is 11.5 Å². The van der Waals surface area contributed by atoms with E-state index in [1.54, 1.807) is 6.07 Å². The molecule has 0 saturated heterocycles. The molecule has 2 saturated carbocycles. The van der Waals surface area contributed by atoms with E-state index >= 15 is 0 Å². The molecule has 0 radical (unpaired) electrons. The van der Waals surface area contributed by atoms with Gasteiger partial charge in [-0.3, -0.25) is 0 Å². The number of fused-ring (bicyclic) bond motifs is 1. The molecule has 0 spiro atoms. The van der Waals surface area contributed by atoms with Crippen LogP contribution in [-0.4, -0.2) is 0 Å². The summed E-state index contributed by atoms with van der Waals surface area (Å²) in [5.41, 5.74) is 0.612. The lowest BCUT2D eigenvalue weighted by Crippen LogP contribution is -2.01. The highest BCUT2D eigenvalue weighted by molar-refractivity contribution is 9.09. The summed E-state index contributed by atoms with van der Waals surface area (Å²) in [6.07, 6.45) is 3.87. The molecule has 1 aromatic carbocycles. The summed E-state index contributed by atoms with van der Waals surface area (Å²) < 4.78 is 26.4. The second-order valence-corrected chi connectivity index (χ2v) is 5.89. The third-order valence-electron chi connectivity index (χ3n) is 4.07. The summed E-state index contributed by atoms with van der Waals surface area (Å²) in [4.78, 5) is 0.0587. The van der Waals surface area contributed by atoms with Crippen molar-refractivity contribution in [1.82, 2.24) is 0 Å². The number of rotatable bonds is 2. The Morgan fingerprint density at radius 3 is 2.50 bits per heavy atom. The van der Waals surface area contributed by atoms with Gasteiger partial charge in [0.25, 0.3) is 0 Å². The summed E-state index contributed by atoms with van der Waals surface area (Å²) >= 11 is 3.58. The molecule has 0 aliphatic heterocycles. The molecule has 0 bridgehead atoms. The first-order chi connectivity index (χ1) is 7.68. The van der Waals surface area contributed by atoms with Crippen molar-refractivity contribution >= 4 is 15.9 Å². The lowest BCUT2D eigenvalue weighted by molar-refractivity contribution is 0.541. The minimum absolute atomic E-state index is 0.0587. The molecule has 3 rings (SSSR count). The Morgan fingerprint density at radius 2 is 1.88 bits per heavy atom. The normalized spacial score (nSPS) is 33.6. The van der Waals surface area contributed by atoms with Crippen LogP contribution in [0, 0.1) is 29.4 Å². The van der Waals surface area contributed by atoms with Gasteiger partial charge in [-0.1, -0.05) is 28.4 Å². The van der Waals surface area contributed by atoms with Gasteiger partial charge in [-0.05, 0) is 36.7 Å².